The number of rotatable bonds is 2. The number of nitrogens with zero attached hydrogens (tertiary/aromatic N) is 2. The van der Waals surface area contributed by atoms with Crippen molar-refractivity contribution < 1.29 is 14.3 Å². The first-order chi connectivity index (χ1) is 11.1. The maximum atomic E-state index is 12.5. The summed E-state index contributed by atoms with van der Waals surface area (Å²) in [5.41, 5.74) is 6.37. The summed E-state index contributed by atoms with van der Waals surface area (Å²) in [7, 11) is 0. The third-order valence-corrected chi connectivity index (χ3v) is 4.41. The number of carbonyl (C=O) groups is 2. The molecule has 0 radical (unpaired) electrons. The number of likely N-dealkylation sites (tertiary alicyclic amines) is 2. The highest BCUT2D eigenvalue weighted by Gasteiger charge is 2.25. The van der Waals surface area contributed by atoms with Gasteiger partial charge in [0.25, 0.3) is 5.91 Å². The Bertz CT molecular complexity index is 584. The molecule has 124 valence electrons. The zero-order valence-corrected chi connectivity index (χ0v) is 13.2. The number of nitrogens with two attached hydrogens (primary N) is 1. The van der Waals surface area contributed by atoms with Gasteiger partial charge >= 0.3 is 6.09 Å². The minimum absolute atomic E-state index is 0.00536. The van der Waals surface area contributed by atoms with Gasteiger partial charge in [-0.15, -0.1) is 0 Å². The highest BCUT2D eigenvalue weighted by molar-refractivity contribution is 5.94. The topological polar surface area (TPSA) is 75.9 Å². The van der Waals surface area contributed by atoms with Crippen molar-refractivity contribution in [3.63, 3.8) is 0 Å². The predicted molar refractivity (Wildman–Crippen MR) is 86.4 cm³/mol. The van der Waals surface area contributed by atoms with E-state index < -0.39 is 6.09 Å². The molecule has 2 fully saturated rings. The highest BCUT2D eigenvalue weighted by Crippen LogP contribution is 2.19. The summed E-state index contributed by atoms with van der Waals surface area (Å²) in [5, 5.41) is 0. The van der Waals surface area contributed by atoms with E-state index in [0.29, 0.717) is 24.4 Å². The van der Waals surface area contributed by atoms with Crippen LogP contribution in [-0.2, 0) is 0 Å². The van der Waals surface area contributed by atoms with Crippen molar-refractivity contribution >= 4 is 12.0 Å². The van der Waals surface area contributed by atoms with Gasteiger partial charge in [-0.1, -0.05) is 6.07 Å². The van der Waals surface area contributed by atoms with Crippen LogP contribution in [-0.4, -0.2) is 54.0 Å². The van der Waals surface area contributed by atoms with Crippen LogP contribution in [0.15, 0.2) is 24.3 Å². The van der Waals surface area contributed by atoms with Crippen molar-refractivity contribution in [3.05, 3.63) is 29.8 Å². The maximum absolute atomic E-state index is 12.5. The van der Waals surface area contributed by atoms with Crippen molar-refractivity contribution in [1.82, 2.24) is 9.80 Å². The molecule has 6 heteroatoms. The van der Waals surface area contributed by atoms with E-state index in [2.05, 4.69) is 0 Å². The highest BCUT2D eigenvalue weighted by atomic mass is 16.6. The Balaban J connectivity index is 1.65. The molecule has 1 aromatic carbocycles. The molecule has 1 aromatic rings. The van der Waals surface area contributed by atoms with E-state index >= 15 is 0 Å². The van der Waals surface area contributed by atoms with Crippen LogP contribution < -0.4 is 10.5 Å². The number of ether oxygens (including phenoxy) is 1. The van der Waals surface area contributed by atoms with E-state index in [9.17, 15) is 9.59 Å². The van der Waals surface area contributed by atoms with Crippen molar-refractivity contribution in [2.75, 3.05) is 26.2 Å². The SMILES string of the molecule is N[C@@H]1CCN(C(=O)Oc2cccc(C(=O)N3CCCCC3)c2)C1. The molecule has 0 unspecified atom stereocenters. The van der Waals surface area contributed by atoms with Crippen LogP contribution in [0, 0.1) is 0 Å². The Morgan fingerprint density at radius 2 is 1.87 bits per heavy atom. The Morgan fingerprint density at radius 3 is 2.57 bits per heavy atom. The van der Waals surface area contributed by atoms with Crippen molar-refractivity contribution in [1.29, 1.82) is 0 Å². The van der Waals surface area contributed by atoms with Crippen molar-refractivity contribution in [2.24, 2.45) is 5.73 Å². The zero-order valence-electron chi connectivity index (χ0n) is 13.2. The lowest BCUT2D eigenvalue weighted by molar-refractivity contribution is 0.0723. The number of hydrogen-bond donors (Lipinski definition) is 1. The molecule has 0 aliphatic carbocycles. The van der Waals surface area contributed by atoms with Gasteiger partial charge in [0, 0.05) is 37.8 Å². The molecule has 2 saturated heterocycles. The summed E-state index contributed by atoms with van der Waals surface area (Å²) in [6.07, 6.45) is 3.67. The van der Waals surface area contributed by atoms with Crippen LogP contribution in [0.1, 0.15) is 36.0 Å². The summed E-state index contributed by atoms with van der Waals surface area (Å²) in [6.45, 7) is 2.74. The van der Waals surface area contributed by atoms with Crippen LogP contribution in [0.5, 0.6) is 5.75 Å². The van der Waals surface area contributed by atoms with Crippen LogP contribution in [0.4, 0.5) is 4.79 Å². The summed E-state index contributed by atoms with van der Waals surface area (Å²) < 4.78 is 5.39. The van der Waals surface area contributed by atoms with E-state index in [1.807, 2.05) is 4.90 Å². The summed E-state index contributed by atoms with van der Waals surface area (Å²) >= 11 is 0. The van der Waals surface area contributed by atoms with Crippen molar-refractivity contribution in [2.45, 2.75) is 31.7 Å². The normalized spacial score (nSPS) is 21.3. The maximum Gasteiger partial charge on any atom is 0.415 e. The molecule has 0 bridgehead atoms. The minimum Gasteiger partial charge on any atom is -0.410 e. The molecule has 0 spiro atoms. The molecule has 23 heavy (non-hydrogen) atoms. The Hall–Kier alpha value is -2.08. The molecule has 3 rings (SSSR count). The van der Waals surface area contributed by atoms with Crippen LogP contribution in [0.2, 0.25) is 0 Å². The lowest BCUT2D eigenvalue weighted by atomic mass is 10.1. The van der Waals surface area contributed by atoms with Gasteiger partial charge in [-0.2, -0.15) is 0 Å². The summed E-state index contributed by atoms with van der Waals surface area (Å²) in [5.74, 6) is 0.407. The Morgan fingerprint density at radius 1 is 1.09 bits per heavy atom. The smallest absolute Gasteiger partial charge is 0.410 e. The standard InChI is InChI=1S/C17H23N3O3/c18-14-7-10-20(12-14)17(22)23-15-6-4-5-13(11-15)16(21)19-8-2-1-3-9-19/h4-6,11,14H,1-3,7-10,12,18H2/t14-/m1/s1. The first-order valence-corrected chi connectivity index (χ1v) is 8.25. The molecular formula is C17H23N3O3. The lowest BCUT2D eigenvalue weighted by Gasteiger charge is -2.26. The second-order valence-electron chi connectivity index (χ2n) is 6.24. The first-order valence-electron chi connectivity index (χ1n) is 8.25. The van der Waals surface area contributed by atoms with E-state index in [-0.39, 0.29) is 11.9 Å². The van der Waals surface area contributed by atoms with Gasteiger partial charge in [0.1, 0.15) is 5.75 Å². The third kappa shape index (κ3) is 3.82. The molecule has 2 N–H and O–H groups in total. The van der Waals surface area contributed by atoms with Gasteiger partial charge in [-0.05, 0) is 43.9 Å². The Kier molecular flexibility index (Phi) is 4.81. The van der Waals surface area contributed by atoms with E-state index in [1.54, 1.807) is 29.2 Å². The molecule has 0 aromatic heterocycles. The van der Waals surface area contributed by atoms with Gasteiger partial charge in [-0.25, -0.2) is 4.79 Å². The van der Waals surface area contributed by atoms with E-state index in [4.69, 9.17) is 10.5 Å². The lowest BCUT2D eigenvalue weighted by Crippen LogP contribution is -2.35. The molecular weight excluding hydrogens is 294 g/mol. The second-order valence-corrected chi connectivity index (χ2v) is 6.24. The summed E-state index contributed by atoms with van der Waals surface area (Å²) in [6, 6.07) is 6.87. The van der Waals surface area contributed by atoms with E-state index in [1.165, 1.54) is 6.42 Å². The quantitative estimate of drug-likeness (QED) is 0.903. The molecule has 2 amide bonds. The number of carbonyl (C=O) groups excluding carboxylic acids is 2. The molecule has 2 aliphatic heterocycles. The van der Waals surface area contributed by atoms with Gasteiger partial charge in [0.15, 0.2) is 0 Å². The van der Waals surface area contributed by atoms with Gasteiger partial charge in [0.05, 0.1) is 0 Å². The zero-order chi connectivity index (χ0) is 16.2. The minimum atomic E-state index is -0.402. The van der Waals surface area contributed by atoms with Gasteiger partial charge < -0.3 is 20.3 Å². The average molecular weight is 317 g/mol. The Labute approximate surface area is 136 Å². The molecule has 2 aliphatic rings. The van der Waals surface area contributed by atoms with Gasteiger partial charge in [0.2, 0.25) is 0 Å². The fourth-order valence-corrected chi connectivity index (χ4v) is 3.09. The molecule has 2 heterocycles. The average Bonchev–Trinajstić information content (AvgIpc) is 3.02. The largest absolute Gasteiger partial charge is 0.415 e. The predicted octanol–water partition coefficient (Wildman–Crippen LogP) is 1.84. The van der Waals surface area contributed by atoms with Crippen LogP contribution >= 0.6 is 0 Å². The van der Waals surface area contributed by atoms with Gasteiger partial charge in [-0.3, -0.25) is 4.79 Å². The number of benzene rings is 1. The molecule has 1 atom stereocenters. The molecule has 6 nitrogen and oxygen atoms in total. The van der Waals surface area contributed by atoms with Crippen LogP contribution in [0.25, 0.3) is 0 Å². The number of amides is 2. The number of piperidine rings is 1. The van der Waals surface area contributed by atoms with Crippen LogP contribution in [0.3, 0.4) is 0 Å². The summed E-state index contributed by atoms with van der Waals surface area (Å²) in [4.78, 5) is 28.1. The fraction of sp³-hybridized carbons (Fsp3) is 0.529. The first kappa shape index (κ1) is 15.8. The number of hydrogen-bond acceptors (Lipinski definition) is 4. The second kappa shape index (κ2) is 7.00. The fourth-order valence-electron chi connectivity index (χ4n) is 3.09. The van der Waals surface area contributed by atoms with E-state index in [0.717, 1.165) is 32.4 Å². The third-order valence-electron chi connectivity index (χ3n) is 4.41. The monoisotopic (exact) mass is 317 g/mol. The van der Waals surface area contributed by atoms with Crippen molar-refractivity contribution in [3.8, 4) is 5.75 Å². The molecule has 0 saturated carbocycles.